The zero-order valence-corrected chi connectivity index (χ0v) is 14.4. The molecule has 3 aromatic rings. The summed E-state index contributed by atoms with van der Waals surface area (Å²) in [5, 5.41) is 7.19. The Labute approximate surface area is 146 Å². The van der Waals surface area contributed by atoms with E-state index in [1.54, 1.807) is 17.5 Å². The third-order valence-electron chi connectivity index (χ3n) is 4.04. The zero-order chi connectivity index (χ0) is 16.8. The highest BCUT2D eigenvalue weighted by atomic mass is 32.1. The summed E-state index contributed by atoms with van der Waals surface area (Å²) >= 11 is 1.67. The number of carbonyl (C=O) groups is 1. The highest BCUT2D eigenvalue weighted by Crippen LogP contribution is 2.22. The second-order valence-corrected chi connectivity index (χ2v) is 6.46. The van der Waals surface area contributed by atoms with Gasteiger partial charge in [-0.25, -0.2) is 0 Å². The van der Waals surface area contributed by atoms with Gasteiger partial charge in [-0.15, -0.1) is 0 Å². The molecule has 3 nitrogen and oxygen atoms in total. The van der Waals surface area contributed by atoms with Crippen LogP contribution in [0.1, 0.15) is 30.4 Å². The van der Waals surface area contributed by atoms with Gasteiger partial charge in [0.25, 0.3) is 0 Å². The molecule has 1 unspecified atom stereocenters. The first-order chi connectivity index (χ1) is 11.8. The Kier molecular flexibility index (Phi) is 5.39. The number of benzene rings is 1. The quantitative estimate of drug-likeness (QED) is 0.713. The summed E-state index contributed by atoms with van der Waals surface area (Å²) in [6, 6.07) is 14.1. The van der Waals surface area contributed by atoms with Gasteiger partial charge in [0.1, 0.15) is 0 Å². The molecule has 0 fully saturated rings. The fourth-order valence-corrected chi connectivity index (χ4v) is 3.41. The van der Waals surface area contributed by atoms with Gasteiger partial charge < -0.3 is 5.32 Å². The molecule has 122 valence electrons. The van der Waals surface area contributed by atoms with Crippen LogP contribution in [-0.4, -0.2) is 10.9 Å². The normalized spacial score (nSPS) is 11.9. The monoisotopic (exact) mass is 336 g/mol. The van der Waals surface area contributed by atoms with Crippen molar-refractivity contribution in [3.63, 3.8) is 0 Å². The van der Waals surface area contributed by atoms with Gasteiger partial charge in [-0.2, -0.15) is 11.3 Å². The molecule has 0 aliphatic carbocycles. The van der Waals surface area contributed by atoms with Crippen LogP contribution in [0, 0.1) is 0 Å². The smallest absolute Gasteiger partial charge is 0.227 e. The van der Waals surface area contributed by atoms with E-state index in [2.05, 4.69) is 33.2 Å². The Morgan fingerprint density at radius 2 is 2.00 bits per heavy atom. The predicted molar refractivity (Wildman–Crippen MR) is 98.9 cm³/mol. The van der Waals surface area contributed by atoms with Crippen LogP contribution in [0.2, 0.25) is 0 Å². The van der Waals surface area contributed by atoms with E-state index in [0.717, 1.165) is 28.7 Å². The molecule has 0 saturated heterocycles. The van der Waals surface area contributed by atoms with E-state index in [1.165, 1.54) is 0 Å². The summed E-state index contributed by atoms with van der Waals surface area (Å²) in [4.78, 5) is 16.8. The van der Waals surface area contributed by atoms with Crippen molar-refractivity contribution in [2.45, 2.75) is 25.8 Å². The Balaban J connectivity index is 1.67. The van der Waals surface area contributed by atoms with Crippen LogP contribution in [0.3, 0.4) is 0 Å². The molecule has 0 radical (unpaired) electrons. The molecule has 0 spiro atoms. The first-order valence-corrected chi connectivity index (χ1v) is 9.01. The lowest BCUT2D eigenvalue weighted by molar-refractivity contribution is -0.122. The number of hydrogen-bond acceptors (Lipinski definition) is 3. The van der Waals surface area contributed by atoms with Crippen LogP contribution in [0.4, 0.5) is 0 Å². The van der Waals surface area contributed by atoms with Crippen molar-refractivity contribution in [3.05, 3.63) is 76.7 Å². The van der Waals surface area contributed by atoms with Crippen molar-refractivity contribution >= 4 is 17.2 Å². The molecule has 1 amide bonds. The standard InChI is InChI=1S/C20H20N2OS/c1-2-19(16-6-4-3-5-7-16)20(23)22-12-15-10-18(13-21-11-15)17-8-9-24-14-17/h3-11,13-14,19H,2,12H2,1H3,(H,22,23). The number of carbonyl (C=O) groups excluding carboxylic acids is 1. The SMILES string of the molecule is CCC(C(=O)NCc1cncc(-c2ccsc2)c1)c1ccccc1. The third kappa shape index (κ3) is 3.89. The van der Waals surface area contributed by atoms with Crippen molar-refractivity contribution < 1.29 is 4.79 Å². The van der Waals surface area contributed by atoms with E-state index in [4.69, 9.17) is 0 Å². The van der Waals surface area contributed by atoms with Gasteiger partial charge in [-0.05, 0) is 46.0 Å². The van der Waals surface area contributed by atoms with E-state index in [9.17, 15) is 4.79 Å². The number of thiophene rings is 1. The Morgan fingerprint density at radius 3 is 2.71 bits per heavy atom. The molecular formula is C20H20N2OS. The summed E-state index contributed by atoms with van der Waals surface area (Å²) in [5.41, 5.74) is 4.31. The molecule has 2 aromatic heterocycles. The minimum Gasteiger partial charge on any atom is -0.351 e. The summed E-state index contributed by atoms with van der Waals surface area (Å²) in [7, 11) is 0. The molecule has 0 aliphatic heterocycles. The molecular weight excluding hydrogens is 316 g/mol. The molecule has 0 saturated carbocycles. The second-order valence-electron chi connectivity index (χ2n) is 5.68. The van der Waals surface area contributed by atoms with Crippen LogP contribution < -0.4 is 5.32 Å². The molecule has 4 heteroatoms. The minimum absolute atomic E-state index is 0.0598. The number of aromatic nitrogens is 1. The van der Waals surface area contributed by atoms with Crippen LogP contribution in [0.5, 0.6) is 0 Å². The number of nitrogens with one attached hydrogen (secondary N) is 1. The first-order valence-electron chi connectivity index (χ1n) is 8.07. The molecule has 0 bridgehead atoms. The Morgan fingerprint density at radius 1 is 1.17 bits per heavy atom. The van der Waals surface area contributed by atoms with E-state index in [-0.39, 0.29) is 11.8 Å². The van der Waals surface area contributed by atoms with Gasteiger partial charge in [0.2, 0.25) is 5.91 Å². The lowest BCUT2D eigenvalue weighted by Crippen LogP contribution is -2.28. The van der Waals surface area contributed by atoms with Crippen LogP contribution in [0.15, 0.2) is 65.6 Å². The van der Waals surface area contributed by atoms with Crippen molar-refractivity contribution in [1.82, 2.24) is 10.3 Å². The largest absolute Gasteiger partial charge is 0.351 e. The third-order valence-corrected chi connectivity index (χ3v) is 4.73. The average Bonchev–Trinajstić information content (AvgIpc) is 3.16. The number of rotatable bonds is 6. The highest BCUT2D eigenvalue weighted by Gasteiger charge is 2.17. The minimum atomic E-state index is -0.112. The average molecular weight is 336 g/mol. The maximum atomic E-state index is 12.5. The van der Waals surface area contributed by atoms with E-state index in [1.807, 2.05) is 43.5 Å². The molecule has 1 aromatic carbocycles. The van der Waals surface area contributed by atoms with Crippen molar-refractivity contribution in [3.8, 4) is 11.1 Å². The van der Waals surface area contributed by atoms with Crippen LogP contribution in [0.25, 0.3) is 11.1 Å². The maximum absolute atomic E-state index is 12.5. The van der Waals surface area contributed by atoms with Gasteiger partial charge >= 0.3 is 0 Å². The summed E-state index contributed by atoms with van der Waals surface area (Å²) in [6.45, 7) is 2.53. The summed E-state index contributed by atoms with van der Waals surface area (Å²) in [5.74, 6) is -0.0520. The highest BCUT2D eigenvalue weighted by molar-refractivity contribution is 7.08. The van der Waals surface area contributed by atoms with Gasteiger partial charge in [-0.1, -0.05) is 37.3 Å². The van der Waals surface area contributed by atoms with Crippen molar-refractivity contribution in [1.29, 1.82) is 0 Å². The molecule has 24 heavy (non-hydrogen) atoms. The molecule has 2 heterocycles. The van der Waals surface area contributed by atoms with E-state index in [0.29, 0.717) is 6.54 Å². The van der Waals surface area contributed by atoms with Gasteiger partial charge in [0.05, 0.1) is 5.92 Å². The first kappa shape index (κ1) is 16.4. The predicted octanol–water partition coefficient (Wildman–Crippen LogP) is 4.62. The maximum Gasteiger partial charge on any atom is 0.227 e. The van der Waals surface area contributed by atoms with E-state index >= 15 is 0 Å². The number of hydrogen-bond donors (Lipinski definition) is 1. The fourth-order valence-electron chi connectivity index (χ4n) is 2.74. The summed E-state index contributed by atoms with van der Waals surface area (Å²) < 4.78 is 0. The zero-order valence-electron chi connectivity index (χ0n) is 13.6. The lowest BCUT2D eigenvalue weighted by Gasteiger charge is -2.15. The number of pyridine rings is 1. The van der Waals surface area contributed by atoms with Gasteiger partial charge in [-0.3, -0.25) is 9.78 Å². The Bertz CT molecular complexity index is 784. The topological polar surface area (TPSA) is 42.0 Å². The molecule has 3 rings (SSSR count). The number of nitrogens with zero attached hydrogens (tertiary/aromatic N) is 1. The Hall–Kier alpha value is -2.46. The van der Waals surface area contributed by atoms with E-state index < -0.39 is 0 Å². The summed E-state index contributed by atoms with van der Waals surface area (Å²) in [6.07, 6.45) is 4.44. The fraction of sp³-hybridized carbons (Fsp3) is 0.200. The van der Waals surface area contributed by atoms with Crippen molar-refractivity contribution in [2.24, 2.45) is 0 Å². The number of amides is 1. The lowest BCUT2D eigenvalue weighted by atomic mass is 9.95. The van der Waals surface area contributed by atoms with Crippen LogP contribution in [-0.2, 0) is 11.3 Å². The van der Waals surface area contributed by atoms with Gasteiger partial charge in [0.15, 0.2) is 0 Å². The molecule has 1 N–H and O–H groups in total. The van der Waals surface area contributed by atoms with Crippen molar-refractivity contribution in [2.75, 3.05) is 0 Å². The molecule has 1 atom stereocenters. The van der Waals surface area contributed by atoms with Crippen LogP contribution >= 0.6 is 11.3 Å². The molecule has 0 aliphatic rings. The second kappa shape index (κ2) is 7.88. The van der Waals surface area contributed by atoms with Gasteiger partial charge in [0, 0.05) is 24.5 Å².